The zero-order chi connectivity index (χ0) is 21.1. The first-order chi connectivity index (χ1) is 13.9. The van der Waals surface area contributed by atoms with Gasteiger partial charge in [-0.1, -0.05) is 71.1 Å². The molecule has 0 aliphatic heterocycles. The van der Waals surface area contributed by atoms with Crippen LogP contribution in [0.2, 0.25) is 0 Å². The Kier molecular flexibility index (Phi) is 10.7. The number of hydrogen-bond acceptors (Lipinski definition) is 6. The maximum Gasteiger partial charge on any atom is 0.195 e. The lowest BCUT2D eigenvalue weighted by Gasteiger charge is -2.02. The number of unbranched alkanes of at least 4 members (excludes halogenated alkanes) is 10. The molecular weight excluding hydrogens is 422 g/mol. The Hall–Kier alpha value is -0.920. The molecule has 0 saturated carbocycles. The highest BCUT2D eigenvalue weighted by molar-refractivity contribution is 8.15. The smallest absolute Gasteiger partial charge is 0.195 e. The lowest BCUT2D eigenvalue weighted by atomic mass is 10.1. The van der Waals surface area contributed by atoms with Crippen LogP contribution in [0.3, 0.4) is 0 Å². The monoisotopic (exact) mass is 455 g/mol. The summed E-state index contributed by atoms with van der Waals surface area (Å²) in [6.45, 7) is 2.25. The van der Waals surface area contributed by atoms with Gasteiger partial charge >= 0.3 is 0 Å². The summed E-state index contributed by atoms with van der Waals surface area (Å²) in [5, 5.41) is 0.142. The highest BCUT2D eigenvalue weighted by atomic mass is 32.2. The van der Waals surface area contributed by atoms with Crippen molar-refractivity contribution in [2.75, 3.05) is 6.26 Å². The minimum atomic E-state index is -3.23. The molecule has 0 saturated heterocycles. The fraction of sp³-hybridized carbons (Fsp3) is 0.636. The minimum absolute atomic E-state index is 0.142. The quantitative estimate of drug-likeness (QED) is 0.226. The van der Waals surface area contributed by atoms with Crippen LogP contribution < -0.4 is 0 Å². The first kappa shape index (κ1) is 24.4. The molecule has 0 unspecified atom stereocenters. The van der Waals surface area contributed by atoms with Gasteiger partial charge in [0.2, 0.25) is 0 Å². The minimum Gasteiger partial charge on any atom is -0.287 e. The van der Waals surface area contributed by atoms with E-state index in [0.717, 1.165) is 23.1 Å². The van der Waals surface area contributed by atoms with Crippen LogP contribution in [0.15, 0.2) is 27.4 Å². The van der Waals surface area contributed by atoms with Crippen molar-refractivity contribution < 1.29 is 13.2 Å². The van der Waals surface area contributed by atoms with Crippen LogP contribution >= 0.6 is 23.1 Å². The SMILES string of the molecule is CCCCCCCCCCCCCC(=O)Sc1nc2ccc(S(C)(=O)=O)cc2s1. The molecule has 0 aliphatic carbocycles. The second-order valence-corrected chi connectivity index (χ2v) is 12.0. The molecule has 162 valence electrons. The number of fused-ring (bicyclic) bond motifs is 1. The van der Waals surface area contributed by atoms with Crippen LogP contribution in [0.5, 0.6) is 0 Å². The fourth-order valence-electron chi connectivity index (χ4n) is 3.24. The molecule has 4 nitrogen and oxygen atoms in total. The van der Waals surface area contributed by atoms with Crippen molar-refractivity contribution in [3.05, 3.63) is 18.2 Å². The lowest BCUT2D eigenvalue weighted by molar-refractivity contribution is -0.111. The molecule has 29 heavy (non-hydrogen) atoms. The van der Waals surface area contributed by atoms with Gasteiger partial charge in [0.05, 0.1) is 15.1 Å². The number of carbonyl (C=O) groups excluding carboxylic acids is 1. The summed E-state index contributed by atoms with van der Waals surface area (Å²) in [4.78, 5) is 16.9. The summed E-state index contributed by atoms with van der Waals surface area (Å²) < 4.78 is 24.8. The van der Waals surface area contributed by atoms with Gasteiger partial charge in [-0.25, -0.2) is 13.4 Å². The Bertz CT molecular complexity index is 875. The Balaban J connectivity index is 1.62. The topological polar surface area (TPSA) is 64.1 Å². The van der Waals surface area contributed by atoms with Gasteiger partial charge in [-0.05, 0) is 36.4 Å². The zero-order valence-electron chi connectivity index (χ0n) is 17.6. The number of aromatic nitrogens is 1. The predicted molar refractivity (Wildman–Crippen MR) is 125 cm³/mol. The van der Waals surface area contributed by atoms with E-state index in [0.29, 0.717) is 10.8 Å². The van der Waals surface area contributed by atoms with Gasteiger partial charge in [0.15, 0.2) is 19.3 Å². The molecule has 0 amide bonds. The van der Waals surface area contributed by atoms with Crippen molar-refractivity contribution in [3.8, 4) is 0 Å². The van der Waals surface area contributed by atoms with Crippen LogP contribution in [0, 0.1) is 0 Å². The molecule has 2 rings (SSSR count). The van der Waals surface area contributed by atoms with E-state index < -0.39 is 9.84 Å². The van der Waals surface area contributed by atoms with Gasteiger partial charge in [0.25, 0.3) is 0 Å². The number of thiazole rings is 1. The van der Waals surface area contributed by atoms with Gasteiger partial charge in [-0.3, -0.25) is 4.79 Å². The average Bonchev–Trinajstić information content (AvgIpc) is 3.06. The van der Waals surface area contributed by atoms with E-state index in [9.17, 15) is 13.2 Å². The van der Waals surface area contributed by atoms with Crippen LogP contribution in [0.1, 0.15) is 84.0 Å². The molecule has 0 spiro atoms. The number of rotatable bonds is 14. The number of benzene rings is 1. The highest BCUT2D eigenvalue weighted by Crippen LogP contribution is 2.32. The van der Waals surface area contributed by atoms with E-state index in [-0.39, 0.29) is 10.0 Å². The van der Waals surface area contributed by atoms with Crippen molar-refractivity contribution in [2.24, 2.45) is 0 Å². The summed E-state index contributed by atoms with van der Waals surface area (Å²) in [6, 6.07) is 4.92. The molecule has 2 aromatic rings. The van der Waals surface area contributed by atoms with Crippen molar-refractivity contribution in [1.29, 1.82) is 0 Å². The van der Waals surface area contributed by atoms with Crippen molar-refractivity contribution >= 4 is 48.3 Å². The van der Waals surface area contributed by atoms with E-state index in [1.165, 1.54) is 87.1 Å². The third kappa shape index (κ3) is 9.18. The van der Waals surface area contributed by atoms with Crippen LogP contribution in [0.4, 0.5) is 0 Å². The Labute approximate surface area is 183 Å². The maximum absolute atomic E-state index is 12.2. The zero-order valence-corrected chi connectivity index (χ0v) is 20.1. The molecule has 0 N–H and O–H groups in total. The average molecular weight is 456 g/mol. The Morgan fingerprint density at radius 3 is 2.14 bits per heavy atom. The number of thioether (sulfide) groups is 1. The molecule has 0 fully saturated rings. The van der Waals surface area contributed by atoms with Gasteiger partial charge < -0.3 is 0 Å². The first-order valence-electron chi connectivity index (χ1n) is 10.7. The van der Waals surface area contributed by atoms with E-state index in [4.69, 9.17) is 0 Å². The van der Waals surface area contributed by atoms with Crippen molar-refractivity contribution in [2.45, 2.75) is 93.2 Å². The molecule has 1 aromatic heterocycles. The number of sulfone groups is 1. The third-order valence-electron chi connectivity index (χ3n) is 4.95. The Morgan fingerprint density at radius 2 is 1.55 bits per heavy atom. The lowest BCUT2D eigenvalue weighted by Crippen LogP contribution is -1.95. The molecule has 0 bridgehead atoms. The second-order valence-electron chi connectivity index (χ2n) is 7.64. The second kappa shape index (κ2) is 12.7. The van der Waals surface area contributed by atoms with Gasteiger partial charge in [0.1, 0.15) is 0 Å². The normalized spacial score (nSPS) is 11.9. The predicted octanol–water partition coefficient (Wildman–Crippen LogP) is 7.02. The van der Waals surface area contributed by atoms with Crippen molar-refractivity contribution in [1.82, 2.24) is 4.98 Å². The molecular formula is C22H33NO3S3. The number of carbonyl (C=O) groups is 1. The van der Waals surface area contributed by atoms with Crippen molar-refractivity contribution in [3.63, 3.8) is 0 Å². The number of nitrogens with zero attached hydrogens (tertiary/aromatic N) is 1. The van der Waals surface area contributed by atoms with Crippen LogP contribution in [-0.4, -0.2) is 24.8 Å². The van der Waals surface area contributed by atoms with Gasteiger partial charge in [-0.2, -0.15) is 0 Å². The van der Waals surface area contributed by atoms with E-state index in [1.807, 2.05) is 0 Å². The summed E-state index contributed by atoms with van der Waals surface area (Å²) in [7, 11) is -3.23. The summed E-state index contributed by atoms with van der Waals surface area (Å²) >= 11 is 2.57. The summed E-state index contributed by atoms with van der Waals surface area (Å²) in [5.74, 6) is 0. The third-order valence-corrected chi connectivity index (χ3v) is 8.07. The maximum atomic E-state index is 12.2. The van der Waals surface area contributed by atoms with Gasteiger partial charge in [-0.15, -0.1) is 11.3 Å². The largest absolute Gasteiger partial charge is 0.287 e. The first-order valence-corrected chi connectivity index (χ1v) is 14.2. The van der Waals surface area contributed by atoms with Gasteiger partial charge in [0, 0.05) is 12.7 Å². The van der Waals surface area contributed by atoms with E-state index >= 15 is 0 Å². The van der Waals surface area contributed by atoms with Crippen LogP contribution in [0.25, 0.3) is 10.2 Å². The summed E-state index contributed by atoms with van der Waals surface area (Å²) in [6.07, 6.45) is 15.8. The highest BCUT2D eigenvalue weighted by Gasteiger charge is 2.13. The molecule has 7 heteroatoms. The van der Waals surface area contributed by atoms with E-state index in [2.05, 4.69) is 11.9 Å². The Morgan fingerprint density at radius 1 is 0.966 bits per heavy atom. The fourth-order valence-corrected chi connectivity index (χ4v) is 6.00. The molecule has 0 aliphatic rings. The summed E-state index contributed by atoms with van der Waals surface area (Å²) in [5.41, 5.74) is 0.743. The molecule has 1 heterocycles. The van der Waals surface area contributed by atoms with E-state index in [1.54, 1.807) is 18.2 Å². The molecule has 0 atom stereocenters. The van der Waals surface area contributed by atoms with Crippen LogP contribution in [-0.2, 0) is 14.6 Å². The molecule has 1 aromatic carbocycles. The molecule has 0 radical (unpaired) electrons. The standard InChI is InChI=1S/C22H33NO3S3/c1-3-4-5-6-7-8-9-10-11-12-13-14-21(24)28-22-23-19-16-15-18(29(2,25)26)17-20(19)27-22/h15-17H,3-14H2,1-2H3. The number of hydrogen-bond donors (Lipinski definition) is 0.